The molecule has 2 aromatic carbocycles. The van der Waals surface area contributed by atoms with Crippen LogP contribution in [0.1, 0.15) is 5.56 Å². The van der Waals surface area contributed by atoms with Gasteiger partial charge in [0.1, 0.15) is 25.4 Å². The monoisotopic (exact) mass is 530 g/mol. The SMILES string of the molecule is CN(CC(=O)NCC(F)(F)F)C(=O)Oc1ccc(COC(=O)Oc2c(F)c(F)c(F)c(F)c2F)cc1. The van der Waals surface area contributed by atoms with E-state index in [-0.39, 0.29) is 11.3 Å². The summed E-state index contributed by atoms with van der Waals surface area (Å²) in [5.41, 5.74) is 0.198. The number of amides is 2. The Morgan fingerprint density at radius 2 is 1.39 bits per heavy atom. The van der Waals surface area contributed by atoms with Gasteiger partial charge in [0.15, 0.2) is 0 Å². The molecule has 2 aromatic rings. The molecule has 0 fully saturated rings. The van der Waals surface area contributed by atoms with E-state index in [0.29, 0.717) is 4.90 Å². The van der Waals surface area contributed by atoms with Crippen molar-refractivity contribution in [3.8, 4) is 11.5 Å². The van der Waals surface area contributed by atoms with E-state index in [4.69, 9.17) is 4.74 Å². The van der Waals surface area contributed by atoms with Crippen LogP contribution in [0.15, 0.2) is 24.3 Å². The summed E-state index contributed by atoms with van der Waals surface area (Å²) in [5, 5.41) is 1.57. The largest absolute Gasteiger partial charge is 0.514 e. The van der Waals surface area contributed by atoms with Crippen molar-refractivity contribution < 1.29 is 63.7 Å². The average molecular weight is 530 g/mol. The van der Waals surface area contributed by atoms with Crippen molar-refractivity contribution in [1.82, 2.24) is 10.2 Å². The van der Waals surface area contributed by atoms with Crippen LogP contribution in [0.2, 0.25) is 0 Å². The molecule has 0 atom stereocenters. The Hall–Kier alpha value is -4.11. The highest BCUT2D eigenvalue weighted by Crippen LogP contribution is 2.29. The second-order valence-electron chi connectivity index (χ2n) is 6.80. The Morgan fingerprint density at radius 3 is 1.92 bits per heavy atom. The highest BCUT2D eigenvalue weighted by Gasteiger charge is 2.29. The van der Waals surface area contributed by atoms with Crippen molar-refractivity contribution in [3.05, 3.63) is 58.9 Å². The zero-order valence-electron chi connectivity index (χ0n) is 17.9. The topological polar surface area (TPSA) is 94.2 Å². The predicted octanol–water partition coefficient (Wildman–Crippen LogP) is 4.21. The molecule has 0 bridgehead atoms. The Labute approximate surface area is 196 Å². The Bertz CT molecular complexity index is 1110. The van der Waals surface area contributed by atoms with Crippen LogP contribution in [0.25, 0.3) is 0 Å². The van der Waals surface area contributed by atoms with E-state index >= 15 is 0 Å². The smallest absolute Gasteiger partial charge is 0.429 e. The molecule has 0 aliphatic rings. The molecule has 2 rings (SSSR count). The maximum atomic E-state index is 13.5. The molecule has 0 aliphatic heterocycles. The normalized spacial score (nSPS) is 11.0. The number of hydrogen-bond donors (Lipinski definition) is 1. The Balaban J connectivity index is 1.87. The summed E-state index contributed by atoms with van der Waals surface area (Å²) >= 11 is 0. The summed E-state index contributed by atoms with van der Waals surface area (Å²) in [4.78, 5) is 35.6. The first kappa shape index (κ1) is 28.1. The lowest BCUT2D eigenvalue weighted by atomic mass is 10.2. The molecule has 0 saturated carbocycles. The van der Waals surface area contributed by atoms with Gasteiger partial charge in [-0.2, -0.15) is 22.0 Å². The van der Waals surface area contributed by atoms with E-state index in [1.54, 1.807) is 5.32 Å². The van der Waals surface area contributed by atoms with Crippen LogP contribution in [0.4, 0.5) is 44.7 Å². The van der Waals surface area contributed by atoms with Gasteiger partial charge < -0.3 is 24.4 Å². The fourth-order valence-corrected chi connectivity index (χ4v) is 2.30. The van der Waals surface area contributed by atoms with Crippen molar-refractivity contribution >= 4 is 18.2 Å². The van der Waals surface area contributed by atoms with Crippen LogP contribution < -0.4 is 14.8 Å². The van der Waals surface area contributed by atoms with Gasteiger partial charge in [0.25, 0.3) is 0 Å². The van der Waals surface area contributed by atoms with E-state index in [2.05, 4.69) is 9.47 Å². The van der Waals surface area contributed by atoms with Gasteiger partial charge in [0.2, 0.25) is 40.7 Å². The van der Waals surface area contributed by atoms with Crippen molar-refractivity contribution in [3.63, 3.8) is 0 Å². The highest BCUT2D eigenvalue weighted by atomic mass is 19.4. The zero-order valence-corrected chi connectivity index (χ0v) is 17.9. The Kier molecular flexibility index (Phi) is 9.02. The first-order valence-corrected chi connectivity index (χ1v) is 9.41. The third-order valence-corrected chi connectivity index (χ3v) is 4.02. The van der Waals surface area contributed by atoms with Crippen LogP contribution in [-0.2, 0) is 16.1 Å². The van der Waals surface area contributed by atoms with E-state index in [1.165, 1.54) is 24.3 Å². The van der Waals surface area contributed by atoms with Crippen LogP contribution in [-0.4, -0.2) is 49.4 Å². The fraction of sp³-hybridized carbons (Fsp3) is 0.250. The van der Waals surface area contributed by atoms with Crippen molar-refractivity contribution in [1.29, 1.82) is 0 Å². The number of hydrogen-bond acceptors (Lipinski definition) is 6. The van der Waals surface area contributed by atoms with Gasteiger partial charge in [-0.25, -0.2) is 22.8 Å². The molecule has 8 nitrogen and oxygen atoms in total. The van der Waals surface area contributed by atoms with Crippen LogP contribution in [0.3, 0.4) is 0 Å². The Morgan fingerprint density at radius 1 is 0.861 bits per heavy atom. The molecule has 0 unspecified atom stereocenters. The summed E-state index contributed by atoms with van der Waals surface area (Å²) in [7, 11) is 1.09. The van der Waals surface area contributed by atoms with E-state index < -0.39 is 78.9 Å². The summed E-state index contributed by atoms with van der Waals surface area (Å²) < 4.78 is 116. The zero-order chi connectivity index (χ0) is 27.2. The lowest BCUT2D eigenvalue weighted by molar-refractivity contribution is -0.138. The average Bonchev–Trinajstić information content (AvgIpc) is 2.82. The molecule has 1 N–H and O–H groups in total. The summed E-state index contributed by atoms with van der Waals surface area (Å²) in [6.07, 6.45) is -7.51. The van der Waals surface area contributed by atoms with Gasteiger partial charge in [-0.05, 0) is 17.7 Å². The van der Waals surface area contributed by atoms with Gasteiger partial charge in [-0.1, -0.05) is 12.1 Å². The van der Waals surface area contributed by atoms with Gasteiger partial charge in [-0.3, -0.25) is 4.79 Å². The molecule has 16 heteroatoms. The number of likely N-dealkylation sites (N-methyl/N-ethyl adjacent to an activating group) is 1. The first-order chi connectivity index (χ1) is 16.7. The van der Waals surface area contributed by atoms with E-state index in [9.17, 15) is 49.5 Å². The number of nitrogens with zero attached hydrogens (tertiary/aromatic N) is 1. The molecule has 0 aromatic heterocycles. The molecular weight excluding hydrogens is 516 g/mol. The van der Waals surface area contributed by atoms with Crippen molar-refractivity contribution in [2.45, 2.75) is 12.8 Å². The van der Waals surface area contributed by atoms with Gasteiger partial charge >= 0.3 is 18.4 Å². The third kappa shape index (κ3) is 7.71. The van der Waals surface area contributed by atoms with Crippen molar-refractivity contribution in [2.75, 3.05) is 20.1 Å². The number of benzene rings is 2. The first-order valence-electron chi connectivity index (χ1n) is 9.41. The number of nitrogens with one attached hydrogen (secondary N) is 1. The molecule has 0 spiro atoms. The number of halogens is 8. The van der Waals surface area contributed by atoms with Gasteiger partial charge in [0.05, 0.1) is 0 Å². The fourth-order valence-electron chi connectivity index (χ4n) is 2.30. The number of rotatable bonds is 7. The maximum Gasteiger partial charge on any atom is 0.514 e. The van der Waals surface area contributed by atoms with Crippen LogP contribution in [0, 0.1) is 29.1 Å². The molecule has 0 heterocycles. The second-order valence-corrected chi connectivity index (χ2v) is 6.80. The van der Waals surface area contributed by atoms with E-state index in [1.807, 2.05) is 0 Å². The van der Waals surface area contributed by atoms with Crippen LogP contribution >= 0.6 is 0 Å². The molecule has 0 saturated heterocycles. The lowest BCUT2D eigenvalue weighted by Crippen LogP contribution is -2.42. The molecule has 0 aliphatic carbocycles. The molecular formula is C20H14F8N2O6. The van der Waals surface area contributed by atoms with Gasteiger partial charge in [-0.15, -0.1) is 0 Å². The minimum Gasteiger partial charge on any atom is -0.429 e. The molecule has 36 heavy (non-hydrogen) atoms. The molecule has 196 valence electrons. The summed E-state index contributed by atoms with van der Waals surface area (Å²) in [6.45, 7) is -2.90. The second kappa shape index (κ2) is 11.5. The molecule has 0 radical (unpaired) electrons. The van der Waals surface area contributed by atoms with Gasteiger partial charge in [0, 0.05) is 7.05 Å². The third-order valence-electron chi connectivity index (χ3n) is 4.02. The quantitative estimate of drug-likeness (QED) is 0.190. The lowest BCUT2D eigenvalue weighted by Gasteiger charge is -2.17. The maximum absolute atomic E-state index is 13.5. The number of carbonyl (C=O) groups is 3. The minimum atomic E-state index is -4.62. The van der Waals surface area contributed by atoms with E-state index in [0.717, 1.165) is 7.05 Å². The highest BCUT2D eigenvalue weighted by molar-refractivity contribution is 5.82. The summed E-state index contributed by atoms with van der Waals surface area (Å²) in [5.74, 6) is -14.9. The number of alkyl halides is 3. The predicted molar refractivity (Wildman–Crippen MR) is 101 cm³/mol. The summed E-state index contributed by atoms with van der Waals surface area (Å²) in [6, 6.07) is 4.85. The minimum absolute atomic E-state index is 0.0877. The van der Waals surface area contributed by atoms with Crippen molar-refractivity contribution in [2.24, 2.45) is 0 Å². The van der Waals surface area contributed by atoms with Crippen LogP contribution in [0.5, 0.6) is 11.5 Å². The number of ether oxygens (including phenoxy) is 3. The standard InChI is InChI=1S/C20H14F8N2O6/c1-30(6-11(31)29-8-20(26,27)28)18(32)35-10-4-2-9(3-5-10)7-34-19(33)36-17-15(24)13(22)12(21)14(23)16(17)25/h2-5H,6-8H2,1H3,(H,29,31). The molecule has 2 amide bonds. The number of carbonyl (C=O) groups excluding carboxylic acids is 3.